The molecule has 0 aromatic heterocycles. The van der Waals surface area contributed by atoms with Gasteiger partial charge in [-0.2, -0.15) is 0 Å². The van der Waals surface area contributed by atoms with E-state index in [0.29, 0.717) is 13.0 Å². The highest BCUT2D eigenvalue weighted by atomic mass is 16.6. The molecule has 1 atom stereocenters. The number of ether oxygens (including phenoxy) is 2. The first-order valence-electron chi connectivity index (χ1n) is 6.59. The smallest absolute Gasteiger partial charge is 0.412 e. The van der Waals surface area contributed by atoms with Crippen molar-refractivity contribution in [1.82, 2.24) is 4.90 Å². The number of amides is 1. The quantitative estimate of drug-likeness (QED) is 0.800. The molecule has 0 aliphatic carbocycles. The van der Waals surface area contributed by atoms with Crippen molar-refractivity contribution >= 4 is 6.09 Å². The van der Waals surface area contributed by atoms with E-state index in [-0.39, 0.29) is 18.7 Å². The van der Waals surface area contributed by atoms with Crippen LogP contribution in [0, 0.1) is 0 Å². The number of rotatable bonds is 3. The molecule has 19 heavy (non-hydrogen) atoms. The second kappa shape index (κ2) is 5.92. The summed E-state index contributed by atoms with van der Waals surface area (Å²) in [5.41, 5.74) is -1.19. The van der Waals surface area contributed by atoms with Gasteiger partial charge >= 0.3 is 6.09 Å². The molecule has 0 aromatic rings. The molecule has 5 nitrogen and oxygen atoms in total. The lowest BCUT2D eigenvalue weighted by atomic mass is 10.1. The summed E-state index contributed by atoms with van der Waals surface area (Å²) in [6.07, 6.45) is 3.80. The summed E-state index contributed by atoms with van der Waals surface area (Å²) in [5.74, 6) is 0. The van der Waals surface area contributed by atoms with Crippen molar-refractivity contribution in [1.29, 1.82) is 0 Å². The highest BCUT2D eigenvalue weighted by Gasteiger charge is 2.45. The van der Waals surface area contributed by atoms with Gasteiger partial charge in [0.1, 0.15) is 11.3 Å². The summed E-state index contributed by atoms with van der Waals surface area (Å²) >= 11 is 0. The van der Waals surface area contributed by atoms with Gasteiger partial charge in [0.2, 0.25) is 0 Å². The van der Waals surface area contributed by atoms with E-state index in [1.165, 1.54) is 0 Å². The van der Waals surface area contributed by atoms with Gasteiger partial charge in [-0.3, -0.25) is 4.90 Å². The Kier molecular flexibility index (Phi) is 4.98. The lowest BCUT2D eigenvalue weighted by molar-refractivity contribution is -0.0623. The first-order valence-corrected chi connectivity index (χ1v) is 6.59. The maximum absolute atomic E-state index is 12.3. The summed E-state index contributed by atoms with van der Waals surface area (Å²) < 4.78 is 11.1. The van der Waals surface area contributed by atoms with Gasteiger partial charge < -0.3 is 14.6 Å². The molecule has 0 unspecified atom stereocenters. The van der Waals surface area contributed by atoms with Gasteiger partial charge in [0.25, 0.3) is 0 Å². The molecule has 110 valence electrons. The molecule has 1 amide bonds. The summed E-state index contributed by atoms with van der Waals surface area (Å²) in [5, 5.41) is 8.75. The third kappa shape index (κ3) is 4.51. The second-order valence-corrected chi connectivity index (χ2v) is 6.15. The van der Waals surface area contributed by atoms with Crippen molar-refractivity contribution in [2.75, 3.05) is 13.2 Å². The Hall–Kier alpha value is -1.07. The van der Waals surface area contributed by atoms with E-state index >= 15 is 0 Å². The van der Waals surface area contributed by atoms with E-state index in [1.807, 2.05) is 40.7 Å². The van der Waals surface area contributed by atoms with Crippen LogP contribution in [0.2, 0.25) is 0 Å². The third-order valence-electron chi connectivity index (χ3n) is 2.84. The molecular formula is C14H25NO4. The second-order valence-electron chi connectivity index (χ2n) is 6.15. The summed E-state index contributed by atoms with van der Waals surface area (Å²) in [4.78, 5) is 13.9. The molecule has 0 spiro atoms. The van der Waals surface area contributed by atoms with E-state index in [1.54, 1.807) is 11.0 Å². The highest BCUT2D eigenvalue weighted by molar-refractivity contribution is 5.69. The summed E-state index contributed by atoms with van der Waals surface area (Å²) in [6.45, 7) is 9.71. The monoisotopic (exact) mass is 271 g/mol. The number of carbonyl (C=O) groups excluding carboxylic acids is 1. The maximum Gasteiger partial charge on any atom is 0.412 e. The lowest BCUT2D eigenvalue weighted by Gasteiger charge is -2.34. The molecule has 1 heterocycles. The van der Waals surface area contributed by atoms with Crippen LogP contribution in [0.25, 0.3) is 0 Å². The number of nitrogens with zero attached hydrogens (tertiary/aromatic N) is 1. The van der Waals surface area contributed by atoms with Crippen molar-refractivity contribution in [3.63, 3.8) is 0 Å². The fourth-order valence-electron chi connectivity index (χ4n) is 2.07. The molecule has 1 saturated heterocycles. The molecule has 1 aliphatic heterocycles. The third-order valence-corrected chi connectivity index (χ3v) is 2.84. The van der Waals surface area contributed by atoms with Gasteiger partial charge in [-0.1, -0.05) is 12.2 Å². The van der Waals surface area contributed by atoms with Crippen molar-refractivity contribution in [2.24, 2.45) is 0 Å². The number of aliphatic hydroxyl groups is 1. The molecule has 1 rings (SSSR count). The first kappa shape index (κ1) is 16.0. The van der Waals surface area contributed by atoms with Gasteiger partial charge in [0.15, 0.2) is 0 Å². The van der Waals surface area contributed by atoms with E-state index in [0.717, 1.165) is 0 Å². The normalized spacial score (nSPS) is 23.1. The number of hydrogen-bond donors (Lipinski definition) is 1. The van der Waals surface area contributed by atoms with Gasteiger partial charge in [-0.05, 0) is 41.0 Å². The van der Waals surface area contributed by atoms with Gasteiger partial charge in [0.05, 0.1) is 19.3 Å². The van der Waals surface area contributed by atoms with Crippen LogP contribution >= 0.6 is 0 Å². The minimum absolute atomic E-state index is 0.00338. The average molecular weight is 271 g/mol. The SMILES string of the molecule is CC(C)(C)OC(=O)N1[C@@H](C/C=C/CO)COC1(C)C. The molecule has 0 bridgehead atoms. The van der Waals surface area contributed by atoms with Crippen LogP contribution in [-0.2, 0) is 9.47 Å². The molecule has 5 heteroatoms. The Morgan fingerprint density at radius 1 is 1.47 bits per heavy atom. The highest BCUT2D eigenvalue weighted by Crippen LogP contribution is 2.30. The van der Waals surface area contributed by atoms with Gasteiger partial charge in [0, 0.05) is 0 Å². The molecule has 0 aromatic carbocycles. The standard InChI is InChI=1S/C14H25NO4/c1-13(2,3)19-12(17)15-11(8-6-7-9-16)10-18-14(15,4)5/h6-7,11,16H,8-10H2,1-5H3/b7-6+/t11-/m0/s1. The zero-order valence-electron chi connectivity index (χ0n) is 12.5. The first-order chi connectivity index (χ1) is 8.67. The Morgan fingerprint density at radius 2 is 2.11 bits per heavy atom. The van der Waals surface area contributed by atoms with Crippen LogP contribution in [0.15, 0.2) is 12.2 Å². The Labute approximate surface area is 115 Å². The zero-order valence-corrected chi connectivity index (χ0v) is 12.5. The van der Waals surface area contributed by atoms with E-state index < -0.39 is 11.3 Å². The molecule has 1 aliphatic rings. The molecular weight excluding hydrogens is 246 g/mol. The van der Waals surface area contributed by atoms with Gasteiger partial charge in [-0.15, -0.1) is 0 Å². The summed E-state index contributed by atoms with van der Waals surface area (Å²) in [6, 6.07) is -0.0624. The van der Waals surface area contributed by atoms with Crippen molar-refractivity contribution in [3.05, 3.63) is 12.2 Å². The van der Waals surface area contributed by atoms with Crippen molar-refractivity contribution < 1.29 is 19.4 Å². The summed E-state index contributed by atoms with van der Waals surface area (Å²) in [7, 11) is 0. The molecule has 1 fully saturated rings. The Morgan fingerprint density at radius 3 is 2.63 bits per heavy atom. The minimum Gasteiger partial charge on any atom is -0.444 e. The zero-order chi connectivity index (χ0) is 14.7. The van der Waals surface area contributed by atoms with E-state index in [9.17, 15) is 4.79 Å². The lowest BCUT2D eigenvalue weighted by Crippen LogP contribution is -2.49. The fourth-order valence-corrected chi connectivity index (χ4v) is 2.07. The van der Waals surface area contributed by atoms with Crippen LogP contribution in [-0.4, -0.2) is 46.7 Å². The van der Waals surface area contributed by atoms with Crippen LogP contribution in [0.4, 0.5) is 4.79 Å². The Balaban J connectivity index is 2.78. The van der Waals surface area contributed by atoms with Crippen LogP contribution in [0.3, 0.4) is 0 Å². The van der Waals surface area contributed by atoms with Crippen molar-refractivity contribution in [3.8, 4) is 0 Å². The number of hydrogen-bond acceptors (Lipinski definition) is 4. The Bertz CT molecular complexity index is 344. The number of carbonyl (C=O) groups is 1. The predicted octanol–water partition coefficient (Wildman–Crippen LogP) is 2.30. The topological polar surface area (TPSA) is 59.0 Å². The van der Waals surface area contributed by atoms with Crippen LogP contribution in [0.1, 0.15) is 41.0 Å². The molecule has 1 N–H and O–H groups in total. The average Bonchev–Trinajstić information content (AvgIpc) is 2.52. The maximum atomic E-state index is 12.3. The van der Waals surface area contributed by atoms with Crippen LogP contribution in [0.5, 0.6) is 0 Å². The largest absolute Gasteiger partial charge is 0.444 e. The van der Waals surface area contributed by atoms with Gasteiger partial charge in [-0.25, -0.2) is 4.79 Å². The van der Waals surface area contributed by atoms with Crippen LogP contribution < -0.4 is 0 Å². The predicted molar refractivity (Wildman–Crippen MR) is 72.7 cm³/mol. The fraction of sp³-hybridized carbons (Fsp3) is 0.786. The van der Waals surface area contributed by atoms with E-state index in [4.69, 9.17) is 14.6 Å². The van der Waals surface area contributed by atoms with Crippen molar-refractivity contribution in [2.45, 2.75) is 58.4 Å². The minimum atomic E-state index is -0.667. The molecule has 0 saturated carbocycles. The number of aliphatic hydroxyl groups excluding tert-OH is 1. The molecule has 0 radical (unpaired) electrons. The van der Waals surface area contributed by atoms with E-state index in [2.05, 4.69) is 0 Å².